The molecule has 0 bridgehead atoms. The maximum absolute atomic E-state index is 11.6. The first-order valence-corrected chi connectivity index (χ1v) is 6.43. The molecular formula is C14H21NO4. The minimum absolute atomic E-state index is 0.114. The third kappa shape index (κ3) is 4.85. The highest BCUT2D eigenvalue weighted by atomic mass is 16.6. The minimum atomic E-state index is -0.620. The topological polar surface area (TPSA) is 72.5 Å². The summed E-state index contributed by atoms with van der Waals surface area (Å²) >= 11 is 0. The first-order chi connectivity index (χ1) is 8.70. The van der Waals surface area contributed by atoms with E-state index >= 15 is 0 Å². The molecule has 1 heterocycles. The van der Waals surface area contributed by atoms with Crippen molar-refractivity contribution in [3.05, 3.63) is 11.1 Å². The molecule has 5 heteroatoms. The molecule has 0 saturated carbocycles. The molecule has 0 atom stereocenters. The Bertz CT molecular complexity index is 429. The van der Waals surface area contributed by atoms with Gasteiger partial charge in [0.15, 0.2) is 0 Å². The molecule has 1 aliphatic rings. The van der Waals surface area contributed by atoms with Crippen LogP contribution in [0.15, 0.2) is 11.1 Å². The number of nitrogens with one attached hydrogen (secondary N) is 1. The molecule has 0 aromatic carbocycles. The zero-order chi connectivity index (χ0) is 14.6. The SMILES string of the molecule is CC1=C(CCC(=O)NCCC(C)(C)C)C(=O)OC1=O. The summed E-state index contributed by atoms with van der Waals surface area (Å²) in [6, 6.07) is 0. The Morgan fingerprint density at radius 2 is 1.84 bits per heavy atom. The normalized spacial score (nSPS) is 15.8. The molecule has 1 N–H and O–H groups in total. The first-order valence-electron chi connectivity index (χ1n) is 6.43. The molecule has 0 unspecified atom stereocenters. The van der Waals surface area contributed by atoms with Crippen LogP contribution in [0.2, 0.25) is 0 Å². The summed E-state index contributed by atoms with van der Waals surface area (Å²) in [5.41, 5.74) is 0.803. The van der Waals surface area contributed by atoms with E-state index in [4.69, 9.17) is 0 Å². The van der Waals surface area contributed by atoms with E-state index in [-0.39, 0.29) is 24.2 Å². The third-order valence-electron chi connectivity index (χ3n) is 2.99. The van der Waals surface area contributed by atoms with Crippen molar-refractivity contribution < 1.29 is 19.1 Å². The van der Waals surface area contributed by atoms with Crippen molar-refractivity contribution in [2.24, 2.45) is 5.41 Å². The van der Waals surface area contributed by atoms with Crippen LogP contribution < -0.4 is 5.32 Å². The molecule has 1 aliphatic heterocycles. The van der Waals surface area contributed by atoms with E-state index in [1.54, 1.807) is 6.92 Å². The van der Waals surface area contributed by atoms with E-state index in [0.717, 1.165) is 6.42 Å². The van der Waals surface area contributed by atoms with Crippen molar-refractivity contribution in [2.75, 3.05) is 6.54 Å². The second-order valence-corrected chi connectivity index (χ2v) is 5.94. The number of amides is 1. The largest absolute Gasteiger partial charge is 0.386 e. The average Bonchev–Trinajstić information content (AvgIpc) is 2.49. The fraction of sp³-hybridized carbons (Fsp3) is 0.643. The van der Waals surface area contributed by atoms with Crippen molar-refractivity contribution in [1.82, 2.24) is 5.32 Å². The van der Waals surface area contributed by atoms with Gasteiger partial charge in [0, 0.05) is 24.1 Å². The van der Waals surface area contributed by atoms with Crippen molar-refractivity contribution in [3.63, 3.8) is 0 Å². The fourth-order valence-corrected chi connectivity index (χ4v) is 1.69. The van der Waals surface area contributed by atoms with Crippen molar-refractivity contribution in [1.29, 1.82) is 0 Å². The summed E-state index contributed by atoms with van der Waals surface area (Å²) in [6.07, 6.45) is 1.33. The summed E-state index contributed by atoms with van der Waals surface area (Å²) in [5, 5.41) is 2.81. The van der Waals surface area contributed by atoms with Gasteiger partial charge in [0.25, 0.3) is 0 Å². The Labute approximate surface area is 113 Å². The van der Waals surface area contributed by atoms with Crippen LogP contribution in [0, 0.1) is 5.41 Å². The van der Waals surface area contributed by atoms with Gasteiger partial charge < -0.3 is 10.1 Å². The van der Waals surface area contributed by atoms with E-state index in [9.17, 15) is 14.4 Å². The van der Waals surface area contributed by atoms with Gasteiger partial charge in [0.2, 0.25) is 5.91 Å². The maximum atomic E-state index is 11.6. The number of rotatable bonds is 5. The Balaban J connectivity index is 2.35. The van der Waals surface area contributed by atoms with Crippen molar-refractivity contribution >= 4 is 17.8 Å². The zero-order valence-electron chi connectivity index (χ0n) is 12.0. The molecular weight excluding hydrogens is 246 g/mol. The number of carbonyl (C=O) groups excluding carboxylic acids is 3. The van der Waals surface area contributed by atoms with Gasteiger partial charge in [-0.05, 0) is 25.2 Å². The van der Waals surface area contributed by atoms with Crippen LogP contribution in [0.4, 0.5) is 0 Å². The lowest BCUT2D eigenvalue weighted by molar-refractivity contribution is -0.151. The van der Waals surface area contributed by atoms with Crippen LogP contribution in [-0.2, 0) is 19.1 Å². The molecule has 106 valence electrons. The van der Waals surface area contributed by atoms with E-state index in [2.05, 4.69) is 30.8 Å². The second kappa shape index (κ2) is 5.99. The molecule has 0 spiro atoms. The summed E-state index contributed by atoms with van der Waals surface area (Å²) in [7, 11) is 0. The molecule has 0 aromatic rings. The summed E-state index contributed by atoms with van der Waals surface area (Å²) in [5.74, 6) is -1.34. The number of esters is 2. The summed E-state index contributed by atoms with van der Waals surface area (Å²) < 4.78 is 4.46. The van der Waals surface area contributed by atoms with Gasteiger partial charge in [-0.25, -0.2) is 9.59 Å². The lowest BCUT2D eigenvalue weighted by Crippen LogP contribution is -2.27. The average molecular weight is 267 g/mol. The molecule has 0 aliphatic carbocycles. The molecule has 0 radical (unpaired) electrons. The summed E-state index contributed by atoms with van der Waals surface area (Å²) in [4.78, 5) is 34.1. The van der Waals surface area contributed by atoms with Crippen LogP contribution >= 0.6 is 0 Å². The van der Waals surface area contributed by atoms with Gasteiger partial charge in [-0.15, -0.1) is 0 Å². The number of carbonyl (C=O) groups is 3. The third-order valence-corrected chi connectivity index (χ3v) is 2.99. The zero-order valence-corrected chi connectivity index (χ0v) is 12.0. The summed E-state index contributed by atoms with van der Waals surface area (Å²) in [6.45, 7) is 8.47. The van der Waals surface area contributed by atoms with Gasteiger partial charge in [0.1, 0.15) is 0 Å². The molecule has 19 heavy (non-hydrogen) atoms. The Hall–Kier alpha value is -1.65. The fourth-order valence-electron chi connectivity index (χ4n) is 1.69. The first kappa shape index (κ1) is 15.4. The van der Waals surface area contributed by atoms with Gasteiger partial charge in [-0.3, -0.25) is 4.79 Å². The van der Waals surface area contributed by atoms with Crippen LogP contribution in [0.1, 0.15) is 47.0 Å². The highest BCUT2D eigenvalue weighted by Crippen LogP contribution is 2.21. The number of ether oxygens (including phenoxy) is 1. The Kier molecular flexibility index (Phi) is 4.86. The maximum Gasteiger partial charge on any atom is 0.342 e. The highest BCUT2D eigenvalue weighted by molar-refractivity contribution is 6.12. The van der Waals surface area contributed by atoms with Crippen LogP contribution in [-0.4, -0.2) is 24.4 Å². The standard InChI is InChI=1S/C14H21NO4/c1-9-10(13(18)19-12(9)17)5-6-11(16)15-8-7-14(2,3)4/h5-8H2,1-4H3,(H,15,16). The van der Waals surface area contributed by atoms with E-state index in [0.29, 0.717) is 17.7 Å². The molecule has 0 saturated heterocycles. The molecule has 1 amide bonds. The minimum Gasteiger partial charge on any atom is -0.386 e. The highest BCUT2D eigenvalue weighted by Gasteiger charge is 2.29. The number of cyclic esters (lactones) is 2. The van der Waals surface area contributed by atoms with Crippen LogP contribution in [0.5, 0.6) is 0 Å². The monoisotopic (exact) mass is 267 g/mol. The van der Waals surface area contributed by atoms with Crippen LogP contribution in [0.25, 0.3) is 0 Å². The molecule has 0 fully saturated rings. The molecule has 5 nitrogen and oxygen atoms in total. The van der Waals surface area contributed by atoms with Gasteiger partial charge in [-0.1, -0.05) is 20.8 Å². The van der Waals surface area contributed by atoms with E-state index < -0.39 is 11.9 Å². The lowest BCUT2D eigenvalue weighted by atomic mass is 9.92. The van der Waals surface area contributed by atoms with E-state index in [1.165, 1.54) is 0 Å². The van der Waals surface area contributed by atoms with Gasteiger partial charge >= 0.3 is 11.9 Å². The van der Waals surface area contributed by atoms with Gasteiger partial charge in [0.05, 0.1) is 0 Å². The Morgan fingerprint density at radius 3 is 2.32 bits per heavy atom. The van der Waals surface area contributed by atoms with E-state index in [1.807, 2.05) is 0 Å². The smallest absolute Gasteiger partial charge is 0.342 e. The predicted octanol–water partition coefficient (Wildman–Crippen LogP) is 1.72. The second-order valence-electron chi connectivity index (χ2n) is 5.94. The number of hydrogen-bond donors (Lipinski definition) is 1. The van der Waals surface area contributed by atoms with Crippen molar-refractivity contribution in [2.45, 2.75) is 47.0 Å². The quantitative estimate of drug-likeness (QED) is 0.608. The predicted molar refractivity (Wildman–Crippen MR) is 70.1 cm³/mol. The Morgan fingerprint density at radius 1 is 1.21 bits per heavy atom. The molecule has 1 rings (SSSR count). The lowest BCUT2D eigenvalue weighted by Gasteiger charge is -2.17. The van der Waals surface area contributed by atoms with Crippen LogP contribution in [0.3, 0.4) is 0 Å². The van der Waals surface area contributed by atoms with Crippen molar-refractivity contribution in [3.8, 4) is 0 Å². The van der Waals surface area contributed by atoms with Gasteiger partial charge in [-0.2, -0.15) is 0 Å². The number of hydrogen-bond acceptors (Lipinski definition) is 4. The molecule has 0 aromatic heterocycles.